The molecule has 98 valence electrons. The van der Waals surface area contributed by atoms with E-state index in [0.29, 0.717) is 24.4 Å². The Labute approximate surface area is 110 Å². The minimum atomic E-state index is 0. The lowest BCUT2D eigenvalue weighted by atomic mass is 9.94. The Morgan fingerprint density at radius 2 is 2.06 bits per heavy atom. The molecule has 0 spiro atoms. The summed E-state index contributed by atoms with van der Waals surface area (Å²) in [7, 11) is 0. The van der Waals surface area contributed by atoms with Gasteiger partial charge < -0.3 is 10.6 Å². The van der Waals surface area contributed by atoms with Crippen molar-refractivity contribution in [1.82, 2.24) is 4.90 Å². The van der Waals surface area contributed by atoms with E-state index < -0.39 is 0 Å². The molecule has 2 unspecified atom stereocenters. The number of nitrogens with zero attached hydrogens (tertiary/aromatic N) is 1. The third-order valence-corrected chi connectivity index (χ3v) is 4.97. The van der Waals surface area contributed by atoms with Gasteiger partial charge in [0.1, 0.15) is 0 Å². The summed E-state index contributed by atoms with van der Waals surface area (Å²) in [6.45, 7) is 1.73. The zero-order valence-electron chi connectivity index (χ0n) is 10.3. The van der Waals surface area contributed by atoms with Crippen molar-refractivity contribution in [1.29, 1.82) is 0 Å². The smallest absolute Gasteiger partial charge is 0.226 e. The number of hydrogen-bond acceptors (Lipinski definition) is 2. The molecular formula is C13H23ClN2O. The van der Waals surface area contributed by atoms with Crippen LogP contribution in [0.15, 0.2) is 0 Å². The topological polar surface area (TPSA) is 46.3 Å². The first-order valence-corrected chi connectivity index (χ1v) is 6.80. The van der Waals surface area contributed by atoms with Crippen molar-refractivity contribution in [2.24, 2.45) is 23.5 Å². The Balaban J connectivity index is 0.00000108. The van der Waals surface area contributed by atoms with Crippen molar-refractivity contribution in [2.75, 3.05) is 13.1 Å². The average molecular weight is 259 g/mol. The number of likely N-dealkylation sites (tertiary alicyclic amines) is 1. The predicted octanol–water partition coefficient (Wildman–Crippen LogP) is 1.79. The molecule has 1 saturated heterocycles. The molecule has 1 amide bonds. The molecule has 17 heavy (non-hydrogen) atoms. The second kappa shape index (κ2) is 5.15. The van der Waals surface area contributed by atoms with E-state index in [1.54, 1.807) is 0 Å². The Hall–Kier alpha value is -0.280. The molecule has 1 aliphatic heterocycles. The standard InChI is InChI=1S/C13H22N2O.ClH/c14-7-10-2-1-3-12(10)13(16)15-8-9-4-5-11(15)6-9;/h9-12H,1-8,14H2;1H/t9?,10-,11?,12-;/m1./s1. The highest BCUT2D eigenvalue weighted by atomic mass is 35.5. The van der Waals surface area contributed by atoms with E-state index in [1.165, 1.54) is 25.7 Å². The van der Waals surface area contributed by atoms with Gasteiger partial charge in [-0.05, 0) is 50.5 Å². The lowest BCUT2D eigenvalue weighted by molar-refractivity contribution is -0.138. The van der Waals surface area contributed by atoms with Gasteiger partial charge >= 0.3 is 0 Å². The van der Waals surface area contributed by atoms with Crippen LogP contribution in [0.4, 0.5) is 0 Å². The van der Waals surface area contributed by atoms with Crippen LogP contribution in [0, 0.1) is 17.8 Å². The van der Waals surface area contributed by atoms with Crippen LogP contribution in [0.3, 0.4) is 0 Å². The highest BCUT2D eigenvalue weighted by molar-refractivity contribution is 5.85. The maximum absolute atomic E-state index is 12.5. The summed E-state index contributed by atoms with van der Waals surface area (Å²) in [5.74, 6) is 1.96. The summed E-state index contributed by atoms with van der Waals surface area (Å²) in [6, 6.07) is 0.580. The zero-order chi connectivity index (χ0) is 11.1. The van der Waals surface area contributed by atoms with Gasteiger partial charge in [0, 0.05) is 18.5 Å². The monoisotopic (exact) mass is 258 g/mol. The largest absolute Gasteiger partial charge is 0.339 e. The van der Waals surface area contributed by atoms with Gasteiger partial charge in [-0.2, -0.15) is 0 Å². The quantitative estimate of drug-likeness (QED) is 0.821. The fraction of sp³-hybridized carbons (Fsp3) is 0.923. The Kier molecular flexibility index (Phi) is 3.99. The van der Waals surface area contributed by atoms with Gasteiger partial charge in [0.05, 0.1) is 0 Å². The first-order valence-electron chi connectivity index (χ1n) is 6.80. The summed E-state index contributed by atoms with van der Waals surface area (Å²) in [5.41, 5.74) is 5.77. The normalized spacial score (nSPS) is 39.5. The summed E-state index contributed by atoms with van der Waals surface area (Å²) in [6.07, 6.45) is 7.30. The van der Waals surface area contributed by atoms with Crippen LogP contribution in [0.25, 0.3) is 0 Å². The van der Waals surface area contributed by atoms with Crippen LogP contribution in [0.5, 0.6) is 0 Å². The Morgan fingerprint density at radius 3 is 2.65 bits per heavy atom. The molecule has 2 bridgehead atoms. The SMILES string of the molecule is Cl.NC[C@H]1CCC[C@H]1C(=O)N1CC2CCC1C2. The van der Waals surface area contributed by atoms with Crippen molar-refractivity contribution in [2.45, 2.75) is 44.6 Å². The van der Waals surface area contributed by atoms with Gasteiger partial charge in [0.25, 0.3) is 0 Å². The second-order valence-electron chi connectivity index (χ2n) is 5.86. The number of carbonyl (C=O) groups is 1. The predicted molar refractivity (Wildman–Crippen MR) is 70.0 cm³/mol. The first kappa shape index (κ1) is 13.2. The van der Waals surface area contributed by atoms with E-state index in [9.17, 15) is 4.79 Å². The lowest BCUT2D eigenvalue weighted by Crippen LogP contribution is -2.43. The minimum absolute atomic E-state index is 0. The van der Waals surface area contributed by atoms with Gasteiger partial charge in [-0.3, -0.25) is 4.79 Å². The van der Waals surface area contributed by atoms with E-state index >= 15 is 0 Å². The fourth-order valence-corrected chi connectivity index (χ4v) is 4.05. The van der Waals surface area contributed by atoms with E-state index in [4.69, 9.17) is 5.73 Å². The third-order valence-electron chi connectivity index (χ3n) is 4.97. The molecule has 0 aromatic heterocycles. The molecule has 4 heteroatoms. The number of nitrogens with two attached hydrogens (primary N) is 1. The van der Waals surface area contributed by atoms with E-state index in [0.717, 1.165) is 25.3 Å². The van der Waals surface area contributed by atoms with E-state index in [-0.39, 0.29) is 18.3 Å². The van der Waals surface area contributed by atoms with Crippen molar-refractivity contribution in [3.63, 3.8) is 0 Å². The fourth-order valence-electron chi connectivity index (χ4n) is 4.05. The molecule has 3 nitrogen and oxygen atoms in total. The molecule has 3 rings (SSSR count). The molecule has 3 fully saturated rings. The van der Waals surface area contributed by atoms with Crippen LogP contribution in [0.2, 0.25) is 0 Å². The van der Waals surface area contributed by atoms with Crippen LogP contribution >= 0.6 is 12.4 Å². The van der Waals surface area contributed by atoms with E-state index in [2.05, 4.69) is 4.90 Å². The van der Waals surface area contributed by atoms with Gasteiger partial charge in [0.15, 0.2) is 0 Å². The van der Waals surface area contributed by atoms with E-state index in [1.807, 2.05) is 0 Å². The Morgan fingerprint density at radius 1 is 1.24 bits per heavy atom. The molecular weight excluding hydrogens is 236 g/mol. The van der Waals surface area contributed by atoms with Gasteiger partial charge in [0.2, 0.25) is 5.91 Å². The van der Waals surface area contributed by atoms with Crippen LogP contribution < -0.4 is 5.73 Å². The molecule has 4 atom stereocenters. The van der Waals surface area contributed by atoms with Gasteiger partial charge in [-0.25, -0.2) is 0 Å². The van der Waals surface area contributed by atoms with Crippen LogP contribution in [-0.4, -0.2) is 29.9 Å². The van der Waals surface area contributed by atoms with Crippen molar-refractivity contribution < 1.29 is 4.79 Å². The van der Waals surface area contributed by atoms with Gasteiger partial charge in [-0.1, -0.05) is 6.42 Å². The minimum Gasteiger partial charge on any atom is -0.339 e. The molecule has 2 saturated carbocycles. The highest BCUT2D eigenvalue weighted by Crippen LogP contribution is 2.40. The number of fused-ring (bicyclic) bond motifs is 2. The molecule has 0 radical (unpaired) electrons. The first-order chi connectivity index (χ1) is 7.79. The summed E-state index contributed by atoms with van der Waals surface area (Å²) in [5, 5.41) is 0. The number of rotatable bonds is 2. The zero-order valence-corrected chi connectivity index (χ0v) is 11.1. The number of piperidine rings is 1. The number of halogens is 1. The van der Waals surface area contributed by atoms with Crippen LogP contribution in [-0.2, 0) is 4.79 Å². The average Bonchev–Trinajstić information content (AvgIpc) is 3.02. The number of amides is 1. The van der Waals surface area contributed by atoms with Crippen molar-refractivity contribution >= 4 is 18.3 Å². The second-order valence-corrected chi connectivity index (χ2v) is 5.86. The summed E-state index contributed by atoms with van der Waals surface area (Å²) in [4.78, 5) is 14.7. The molecule has 2 aliphatic carbocycles. The number of carbonyl (C=O) groups excluding carboxylic acids is 1. The molecule has 0 aromatic carbocycles. The third kappa shape index (κ3) is 2.19. The molecule has 2 N–H and O–H groups in total. The Bertz CT molecular complexity index is 289. The lowest BCUT2D eigenvalue weighted by Gasteiger charge is -2.31. The number of hydrogen-bond donors (Lipinski definition) is 1. The summed E-state index contributed by atoms with van der Waals surface area (Å²) >= 11 is 0. The summed E-state index contributed by atoms with van der Waals surface area (Å²) < 4.78 is 0. The molecule has 0 aromatic rings. The van der Waals surface area contributed by atoms with Crippen LogP contribution in [0.1, 0.15) is 38.5 Å². The maximum atomic E-state index is 12.5. The molecule has 1 heterocycles. The maximum Gasteiger partial charge on any atom is 0.226 e. The molecule has 3 aliphatic rings. The highest BCUT2D eigenvalue weighted by Gasteiger charge is 2.44. The van der Waals surface area contributed by atoms with Gasteiger partial charge in [-0.15, -0.1) is 12.4 Å². The van der Waals surface area contributed by atoms with Crippen molar-refractivity contribution in [3.05, 3.63) is 0 Å². The van der Waals surface area contributed by atoms with Crippen molar-refractivity contribution in [3.8, 4) is 0 Å².